The first-order valence-corrected chi connectivity index (χ1v) is 8.43. The Morgan fingerprint density at radius 1 is 1.17 bits per heavy atom. The van der Waals surface area contributed by atoms with Crippen LogP contribution in [0.2, 0.25) is 0 Å². The molecule has 2 N–H and O–H groups in total. The number of aliphatic imine (C=N–C) groups is 1. The molecule has 0 spiro atoms. The molecule has 0 aromatic carbocycles. The number of nitrogens with zero attached hydrogens (tertiary/aromatic N) is 3. The fraction of sp³-hybridized carbons (Fsp3) is 0.750. The van der Waals surface area contributed by atoms with E-state index in [-0.39, 0.29) is 0 Å². The summed E-state index contributed by atoms with van der Waals surface area (Å²) in [5, 5.41) is 10.8. The summed E-state index contributed by atoms with van der Waals surface area (Å²) in [6.45, 7) is 7.64. The van der Waals surface area contributed by atoms with E-state index in [1.807, 2.05) is 16.9 Å². The van der Waals surface area contributed by atoms with Gasteiger partial charge in [0.2, 0.25) is 0 Å². The Labute approximate surface area is 139 Å². The zero-order valence-electron chi connectivity index (χ0n) is 14.5. The molecule has 23 heavy (non-hydrogen) atoms. The maximum atomic E-state index is 5.44. The molecule has 0 saturated heterocycles. The summed E-state index contributed by atoms with van der Waals surface area (Å²) in [4.78, 5) is 4.58. The SMILES string of the molecule is CCNC(=NCCCn1cccn1)NCCCCOCCOC. The summed E-state index contributed by atoms with van der Waals surface area (Å²) >= 11 is 0. The fourth-order valence-electron chi connectivity index (χ4n) is 1.98. The lowest BCUT2D eigenvalue weighted by Crippen LogP contribution is -2.38. The van der Waals surface area contributed by atoms with Gasteiger partial charge in [-0.15, -0.1) is 0 Å². The smallest absolute Gasteiger partial charge is 0.191 e. The minimum absolute atomic E-state index is 0.661. The molecule has 0 amide bonds. The van der Waals surface area contributed by atoms with Crippen molar-refractivity contribution in [2.45, 2.75) is 32.7 Å². The van der Waals surface area contributed by atoms with Gasteiger partial charge < -0.3 is 20.1 Å². The normalized spacial score (nSPS) is 11.7. The topological polar surface area (TPSA) is 72.7 Å². The Morgan fingerprint density at radius 3 is 2.83 bits per heavy atom. The second-order valence-corrected chi connectivity index (χ2v) is 5.12. The van der Waals surface area contributed by atoms with Crippen molar-refractivity contribution in [3.05, 3.63) is 18.5 Å². The van der Waals surface area contributed by atoms with Gasteiger partial charge >= 0.3 is 0 Å². The molecule has 1 rings (SSSR count). The van der Waals surface area contributed by atoms with Crippen molar-refractivity contribution >= 4 is 5.96 Å². The van der Waals surface area contributed by atoms with Crippen molar-refractivity contribution in [1.29, 1.82) is 0 Å². The Bertz CT molecular complexity index is 395. The van der Waals surface area contributed by atoms with Gasteiger partial charge in [-0.05, 0) is 32.3 Å². The Hall–Kier alpha value is -1.60. The standard InChI is InChI=1S/C16H31N5O2/c1-3-17-16(18-8-4-5-13-23-15-14-22-2)19-9-6-11-21-12-7-10-20-21/h7,10,12H,3-6,8-9,11,13-15H2,1-2H3,(H2,17,18,19). The molecule has 1 aromatic heterocycles. The summed E-state index contributed by atoms with van der Waals surface area (Å²) in [5.74, 6) is 0.883. The molecule has 7 heteroatoms. The number of nitrogens with one attached hydrogen (secondary N) is 2. The minimum atomic E-state index is 0.661. The second kappa shape index (κ2) is 14.0. The molecule has 1 aromatic rings. The molecule has 0 fully saturated rings. The lowest BCUT2D eigenvalue weighted by Gasteiger charge is -2.11. The van der Waals surface area contributed by atoms with Gasteiger partial charge in [0.05, 0.1) is 13.2 Å². The van der Waals surface area contributed by atoms with Gasteiger partial charge in [0, 0.05) is 52.3 Å². The number of aryl methyl sites for hydroxylation is 1. The number of ether oxygens (including phenoxy) is 2. The molecule has 0 bridgehead atoms. The monoisotopic (exact) mass is 325 g/mol. The molecular formula is C16H31N5O2. The van der Waals surface area contributed by atoms with E-state index in [9.17, 15) is 0 Å². The van der Waals surface area contributed by atoms with E-state index in [1.165, 1.54) is 0 Å². The number of aromatic nitrogens is 2. The van der Waals surface area contributed by atoms with Gasteiger partial charge in [0.25, 0.3) is 0 Å². The van der Waals surface area contributed by atoms with E-state index in [4.69, 9.17) is 9.47 Å². The Morgan fingerprint density at radius 2 is 2.09 bits per heavy atom. The average Bonchev–Trinajstić information content (AvgIpc) is 3.07. The van der Waals surface area contributed by atoms with Crippen LogP contribution < -0.4 is 10.6 Å². The number of unbranched alkanes of at least 4 members (excludes halogenated alkanes) is 1. The van der Waals surface area contributed by atoms with E-state index < -0.39 is 0 Å². The largest absolute Gasteiger partial charge is 0.382 e. The van der Waals surface area contributed by atoms with Gasteiger partial charge in [-0.1, -0.05) is 0 Å². The molecule has 132 valence electrons. The third-order valence-corrected chi connectivity index (χ3v) is 3.16. The van der Waals surface area contributed by atoms with Crippen LogP contribution in [0.3, 0.4) is 0 Å². The molecule has 0 aliphatic carbocycles. The van der Waals surface area contributed by atoms with Crippen LogP contribution in [0, 0.1) is 0 Å². The lowest BCUT2D eigenvalue weighted by molar-refractivity contribution is 0.0689. The van der Waals surface area contributed by atoms with Gasteiger partial charge in [-0.2, -0.15) is 5.10 Å². The van der Waals surface area contributed by atoms with Gasteiger partial charge in [0.1, 0.15) is 0 Å². The first-order chi connectivity index (χ1) is 11.4. The van der Waals surface area contributed by atoms with Crippen LogP contribution in [0.15, 0.2) is 23.5 Å². The highest BCUT2D eigenvalue weighted by molar-refractivity contribution is 5.79. The van der Waals surface area contributed by atoms with Crippen LogP contribution in [0.25, 0.3) is 0 Å². The first-order valence-electron chi connectivity index (χ1n) is 8.43. The number of hydrogen-bond donors (Lipinski definition) is 2. The summed E-state index contributed by atoms with van der Waals surface area (Å²) in [7, 11) is 1.68. The van der Waals surface area contributed by atoms with Gasteiger partial charge in [-0.25, -0.2) is 0 Å². The third kappa shape index (κ3) is 10.7. The lowest BCUT2D eigenvalue weighted by atomic mass is 10.3. The fourth-order valence-corrected chi connectivity index (χ4v) is 1.98. The van der Waals surface area contributed by atoms with Crippen LogP contribution in [-0.2, 0) is 16.0 Å². The van der Waals surface area contributed by atoms with E-state index in [1.54, 1.807) is 13.3 Å². The maximum absolute atomic E-state index is 5.44. The molecule has 0 unspecified atom stereocenters. The molecule has 0 aliphatic rings. The highest BCUT2D eigenvalue weighted by Crippen LogP contribution is 1.91. The average molecular weight is 325 g/mol. The van der Waals surface area contributed by atoms with E-state index >= 15 is 0 Å². The number of methoxy groups -OCH3 is 1. The summed E-state index contributed by atoms with van der Waals surface area (Å²) in [5.41, 5.74) is 0. The van der Waals surface area contributed by atoms with Crippen LogP contribution >= 0.6 is 0 Å². The van der Waals surface area contributed by atoms with Crippen LogP contribution in [-0.4, -0.2) is 62.3 Å². The number of rotatable bonds is 13. The van der Waals surface area contributed by atoms with Gasteiger partial charge in [0.15, 0.2) is 5.96 Å². The Balaban J connectivity index is 2.07. The molecule has 7 nitrogen and oxygen atoms in total. The van der Waals surface area contributed by atoms with Crippen LogP contribution in [0.1, 0.15) is 26.2 Å². The third-order valence-electron chi connectivity index (χ3n) is 3.16. The predicted molar refractivity (Wildman–Crippen MR) is 92.8 cm³/mol. The number of hydrogen-bond acceptors (Lipinski definition) is 4. The van der Waals surface area contributed by atoms with Crippen molar-refractivity contribution in [2.75, 3.05) is 46.6 Å². The highest BCUT2D eigenvalue weighted by atomic mass is 16.5. The zero-order chi connectivity index (χ0) is 16.6. The zero-order valence-corrected chi connectivity index (χ0v) is 14.5. The molecule has 1 heterocycles. The molecule has 0 aliphatic heterocycles. The van der Waals surface area contributed by atoms with Crippen molar-refractivity contribution in [2.24, 2.45) is 4.99 Å². The van der Waals surface area contributed by atoms with Crippen LogP contribution in [0.5, 0.6) is 0 Å². The molecular weight excluding hydrogens is 294 g/mol. The maximum Gasteiger partial charge on any atom is 0.191 e. The van der Waals surface area contributed by atoms with E-state index in [0.29, 0.717) is 13.2 Å². The summed E-state index contributed by atoms with van der Waals surface area (Å²) in [6.07, 6.45) is 6.85. The molecule has 0 radical (unpaired) electrons. The molecule has 0 atom stereocenters. The highest BCUT2D eigenvalue weighted by Gasteiger charge is 1.97. The number of guanidine groups is 1. The van der Waals surface area contributed by atoms with E-state index in [0.717, 1.165) is 58.0 Å². The van der Waals surface area contributed by atoms with Crippen molar-refractivity contribution < 1.29 is 9.47 Å². The first kappa shape index (κ1) is 19.4. The van der Waals surface area contributed by atoms with Gasteiger partial charge in [-0.3, -0.25) is 9.67 Å². The van der Waals surface area contributed by atoms with Crippen LogP contribution in [0.4, 0.5) is 0 Å². The van der Waals surface area contributed by atoms with Crippen molar-refractivity contribution in [3.63, 3.8) is 0 Å². The van der Waals surface area contributed by atoms with E-state index in [2.05, 4.69) is 27.6 Å². The Kier molecular flexibility index (Phi) is 11.9. The van der Waals surface area contributed by atoms with Crippen molar-refractivity contribution in [3.8, 4) is 0 Å². The predicted octanol–water partition coefficient (Wildman–Crippen LogP) is 1.27. The summed E-state index contributed by atoms with van der Waals surface area (Å²) < 4.78 is 12.3. The quantitative estimate of drug-likeness (QED) is 0.325. The van der Waals surface area contributed by atoms with Crippen molar-refractivity contribution in [1.82, 2.24) is 20.4 Å². The second-order valence-electron chi connectivity index (χ2n) is 5.12. The molecule has 0 saturated carbocycles. The summed E-state index contributed by atoms with van der Waals surface area (Å²) in [6, 6.07) is 1.94. The minimum Gasteiger partial charge on any atom is -0.382 e.